The SMILES string of the molecule is CC1(C)CCCC(OC(=O)NC2CCCCC2)CC1. The van der Waals surface area contributed by atoms with Crippen molar-refractivity contribution in [3.8, 4) is 0 Å². The Morgan fingerprint density at radius 2 is 1.74 bits per heavy atom. The number of amides is 1. The van der Waals surface area contributed by atoms with Crippen molar-refractivity contribution in [1.29, 1.82) is 0 Å². The first-order chi connectivity index (χ1) is 9.05. The second-order valence-corrected chi connectivity index (χ2v) is 7.10. The third-order valence-electron chi connectivity index (χ3n) is 4.72. The van der Waals surface area contributed by atoms with Gasteiger partial charge in [0.15, 0.2) is 0 Å². The van der Waals surface area contributed by atoms with Crippen LogP contribution < -0.4 is 5.32 Å². The van der Waals surface area contributed by atoms with E-state index in [4.69, 9.17) is 4.74 Å². The van der Waals surface area contributed by atoms with Gasteiger partial charge < -0.3 is 10.1 Å². The fourth-order valence-corrected chi connectivity index (χ4v) is 3.35. The van der Waals surface area contributed by atoms with Gasteiger partial charge in [-0.1, -0.05) is 33.1 Å². The smallest absolute Gasteiger partial charge is 0.407 e. The molecule has 0 heterocycles. The first-order valence-electron chi connectivity index (χ1n) is 8.02. The summed E-state index contributed by atoms with van der Waals surface area (Å²) >= 11 is 0. The maximum atomic E-state index is 11.9. The zero-order valence-corrected chi connectivity index (χ0v) is 12.5. The quantitative estimate of drug-likeness (QED) is 0.753. The lowest BCUT2D eigenvalue weighted by Crippen LogP contribution is -2.38. The van der Waals surface area contributed by atoms with Crippen molar-refractivity contribution in [1.82, 2.24) is 5.32 Å². The molecular formula is C16H29NO2. The lowest BCUT2D eigenvalue weighted by Gasteiger charge is -2.24. The average Bonchev–Trinajstić information content (AvgIpc) is 2.52. The molecule has 110 valence electrons. The van der Waals surface area contributed by atoms with Gasteiger partial charge in [0.05, 0.1) is 0 Å². The molecule has 0 aromatic rings. The van der Waals surface area contributed by atoms with Gasteiger partial charge in [-0.2, -0.15) is 0 Å². The second-order valence-electron chi connectivity index (χ2n) is 7.10. The fraction of sp³-hybridized carbons (Fsp3) is 0.938. The van der Waals surface area contributed by atoms with Gasteiger partial charge in [-0.25, -0.2) is 4.79 Å². The molecule has 1 N–H and O–H groups in total. The van der Waals surface area contributed by atoms with Crippen LogP contribution in [-0.4, -0.2) is 18.2 Å². The van der Waals surface area contributed by atoms with Gasteiger partial charge in [0.25, 0.3) is 0 Å². The van der Waals surface area contributed by atoms with E-state index in [2.05, 4.69) is 19.2 Å². The predicted molar refractivity (Wildman–Crippen MR) is 77.1 cm³/mol. The topological polar surface area (TPSA) is 38.3 Å². The zero-order chi connectivity index (χ0) is 13.7. The number of rotatable bonds is 2. The molecule has 2 rings (SSSR count). The maximum Gasteiger partial charge on any atom is 0.407 e. The molecule has 0 saturated heterocycles. The van der Waals surface area contributed by atoms with Gasteiger partial charge in [-0.15, -0.1) is 0 Å². The molecule has 1 amide bonds. The van der Waals surface area contributed by atoms with E-state index in [1.54, 1.807) is 0 Å². The number of carbonyl (C=O) groups is 1. The summed E-state index contributed by atoms with van der Waals surface area (Å²) < 4.78 is 5.62. The van der Waals surface area contributed by atoms with Crippen molar-refractivity contribution < 1.29 is 9.53 Å². The van der Waals surface area contributed by atoms with Crippen molar-refractivity contribution in [2.24, 2.45) is 5.41 Å². The number of hydrogen-bond donors (Lipinski definition) is 1. The molecule has 3 nitrogen and oxygen atoms in total. The molecule has 19 heavy (non-hydrogen) atoms. The van der Waals surface area contributed by atoms with E-state index < -0.39 is 0 Å². The number of hydrogen-bond acceptors (Lipinski definition) is 2. The van der Waals surface area contributed by atoms with Crippen LogP contribution in [0.15, 0.2) is 0 Å². The lowest BCUT2D eigenvalue weighted by molar-refractivity contribution is 0.0826. The van der Waals surface area contributed by atoms with Gasteiger partial charge in [0.1, 0.15) is 6.10 Å². The molecule has 2 aliphatic carbocycles. The Kier molecular flexibility index (Phi) is 5.12. The third kappa shape index (κ3) is 5.04. The highest BCUT2D eigenvalue weighted by atomic mass is 16.6. The summed E-state index contributed by atoms with van der Waals surface area (Å²) in [4.78, 5) is 11.9. The molecule has 3 heteroatoms. The van der Waals surface area contributed by atoms with Crippen molar-refractivity contribution in [2.45, 2.75) is 90.2 Å². The van der Waals surface area contributed by atoms with Gasteiger partial charge >= 0.3 is 6.09 Å². The molecule has 2 fully saturated rings. The van der Waals surface area contributed by atoms with Crippen LogP contribution in [0.5, 0.6) is 0 Å². The van der Waals surface area contributed by atoms with Crippen LogP contribution in [0, 0.1) is 5.41 Å². The van der Waals surface area contributed by atoms with Crippen LogP contribution in [0.1, 0.15) is 78.1 Å². The molecule has 1 atom stereocenters. The number of ether oxygens (including phenoxy) is 1. The molecule has 0 spiro atoms. The summed E-state index contributed by atoms with van der Waals surface area (Å²) in [5, 5.41) is 3.05. The van der Waals surface area contributed by atoms with E-state index in [0.717, 1.165) is 32.1 Å². The fourth-order valence-electron chi connectivity index (χ4n) is 3.35. The van der Waals surface area contributed by atoms with Crippen LogP contribution in [0.3, 0.4) is 0 Å². The first-order valence-corrected chi connectivity index (χ1v) is 8.02. The average molecular weight is 267 g/mol. The van der Waals surface area contributed by atoms with E-state index in [-0.39, 0.29) is 12.2 Å². The first kappa shape index (κ1) is 14.7. The minimum atomic E-state index is -0.184. The Morgan fingerprint density at radius 1 is 1.00 bits per heavy atom. The van der Waals surface area contributed by atoms with E-state index >= 15 is 0 Å². The monoisotopic (exact) mass is 267 g/mol. The standard InChI is InChI=1S/C16H29NO2/c1-16(2)11-6-9-14(10-12-16)19-15(18)17-13-7-4-3-5-8-13/h13-14H,3-12H2,1-2H3,(H,17,18). The second kappa shape index (κ2) is 6.62. The number of carbonyl (C=O) groups excluding carboxylic acids is 1. The highest BCUT2D eigenvalue weighted by Gasteiger charge is 2.26. The summed E-state index contributed by atoms with van der Waals surface area (Å²) in [6.45, 7) is 4.63. The predicted octanol–water partition coefficient (Wildman–Crippen LogP) is 4.40. The number of nitrogens with one attached hydrogen (secondary N) is 1. The molecule has 0 aliphatic heterocycles. The van der Waals surface area contributed by atoms with Crippen LogP contribution in [0.25, 0.3) is 0 Å². The van der Waals surface area contributed by atoms with Crippen LogP contribution in [0.4, 0.5) is 4.79 Å². The van der Waals surface area contributed by atoms with Gasteiger partial charge in [0, 0.05) is 6.04 Å². The molecular weight excluding hydrogens is 238 g/mol. The molecule has 2 aliphatic rings. The largest absolute Gasteiger partial charge is 0.446 e. The van der Waals surface area contributed by atoms with Crippen molar-refractivity contribution in [3.05, 3.63) is 0 Å². The Hall–Kier alpha value is -0.730. The summed E-state index contributed by atoms with van der Waals surface area (Å²) in [5.74, 6) is 0. The van der Waals surface area contributed by atoms with Crippen molar-refractivity contribution in [3.63, 3.8) is 0 Å². The van der Waals surface area contributed by atoms with E-state index in [1.165, 1.54) is 32.1 Å². The normalized spacial score (nSPS) is 28.4. The lowest BCUT2D eigenvalue weighted by atomic mass is 9.85. The Labute approximate surface area is 117 Å². The Balaban J connectivity index is 1.72. The van der Waals surface area contributed by atoms with Gasteiger partial charge in [0.2, 0.25) is 0 Å². The maximum absolute atomic E-state index is 11.9. The molecule has 0 bridgehead atoms. The van der Waals surface area contributed by atoms with E-state index in [0.29, 0.717) is 11.5 Å². The van der Waals surface area contributed by atoms with E-state index in [1.807, 2.05) is 0 Å². The van der Waals surface area contributed by atoms with Crippen molar-refractivity contribution >= 4 is 6.09 Å². The Bertz CT molecular complexity index is 295. The molecule has 0 aromatic carbocycles. The van der Waals surface area contributed by atoms with Gasteiger partial charge in [-0.3, -0.25) is 0 Å². The third-order valence-corrected chi connectivity index (χ3v) is 4.72. The molecule has 1 unspecified atom stereocenters. The Morgan fingerprint density at radius 3 is 2.47 bits per heavy atom. The summed E-state index contributed by atoms with van der Waals surface area (Å²) in [7, 11) is 0. The van der Waals surface area contributed by atoms with Gasteiger partial charge in [-0.05, 0) is 50.4 Å². The molecule has 0 radical (unpaired) electrons. The molecule has 0 aromatic heterocycles. The minimum absolute atomic E-state index is 0.130. The van der Waals surface area contributed by atoms with Crippen LogP contribution >= 0.6 is 0 Å². The van der Waals surface area contributed by atoms with Crippen LogP contribution in [0.2, 0.25) is 0 Å². The summed E-state index contributed by atoms with van der Waals surface area (Å²) in [6, 6.07) is 0.350. The highest BCUT2D eigenvalue weighted by molar-refractivity contribution is 5.67. The van der Waals surface area contributed by atoms with Crippen molar-refractivity contribution in [2.75, 3.05) is 0 Å². The van der Waals surface area contributed by atoms with E-state index in [9.17, 15) is 4.79 Å². The summed E-state index contributed by atoms with van der Waals surface area (Å²) in [5.41, 5.74) is 0.415. The molecule has 2 saturated carbocycles. The number of alkyl carbamates (subject to hydrolysis) is 1. The van der Waals surface area contributed by atoms with Crippen LogP contribution in [-0.2, 0) is 4.74 Å². The highest BCUT2D eigenvalue weighted by Crippen LogP contribution is 2.34. The summed E-state index contributed by atoms with van der Waals surface area (Å²) in [6.07, 6.45) is 11.6. The zero-order valence-electron chi connectivity index (χ0n) is 12.5. The minimum Gasteiger partial charge on any atom is -0.446 e.